The van der Waals surface area contributed by atoms with E-state index in [1.54, 1.807) is 45.5 Å². The molecule has 0 spiro atoms. The number of benzene rings is 2. The number of hydrogen-bond acceptors (Lipinski definition) is 5. The van der Waals surface area contributed by atoms with Crippen LogP contribution in [-0.4, -0.2) is 50.1 Å². The standard InChI is InChI=1S/C28H36N2O5/c1-18(2)26-27(31)29-23(21-16-15-20(33-5)17-25(21)34-6)13-9-7-11-19(3)35-24-14-10-8-12-22(24)28(32)30(26)4/h7-10,12,14-19,23,26H,11,13H2,1-6H3,(H,29,31)/b9-7+/t19-,23-,26+/m1/s1. The number of carbonyl (C=O) groups is 2. The smallest absolute Gasteiger partial charge is 0.258 e. The molecule has 1 heterocycles. The lowest BCUT2D eigenvalue weighted by atomic mass is 9.97. The van der Waals surface area contributed by atoms with Crippen LogP contribution in [0.2, 0.25) is 0 Å². The SMILES string of the molecule is COc1ccc([C@H]2C/C=C/C[C@@H](C)Oc3ccccc3C(=O)N(C)[C@@H](C(C)C)C(=O)N2)c(OC)c1. The second-order valence-corrected chi connectivity index (χ2v) is 9.14. The van der Waals surface area contributed by atoms with Crippen LogP contribution in [0.3, 0.4) is 0 Å². The van der Waals surface area contributed by atoms with Gasteiger partial charge in [-0.3, -0.25) is 9.59 Å². The maximum absolute atomic E-state index is 13.6. The van der Waals surface area contributed by atoms with Gasteiger partial charge in [0.25, 0.3) is 5.91 Å². The number of fused-ring (bicyclic) bond motifs is 1. The van der Waals surface area contributed by atoms with Gasteiger partial charge >= 0.3 is 0 Å². The molecule has 35 heavy (non-hydrogen) atoms. The fraction of sp³-hybridized carbons (Fsp3) is 0.429. The van der Waals surface area contributed by atoms with E-state index in [4.69, 9.17) is 14.2 Å². The Balaban J connectivity index is 2.04. The second kappa shape index (κ2) is 11.8. The molecule has 0 aromatic heterocycles. The molecule has 0 fully saturated rings. The van der Waals surface area contributed by atoms with Crippen LogP contribution in [0, 0.1) is 5.92 Å². The molecular formula is C28H36N2O5. The summed E-state index contributed by atoms with van der Waals surface area (Å²) in [4.78, 5) is 28.7. The van der Waals surface area contributed by atoms with E-state index in [2.05, 4.69) is 5.32 Å². The van der Waals surface area contributed by atoms with Crippen molar-refractivity contribution in [2.45, 2.75) is 51.8 Å². The lowest BCUT2D eigenvalue weighted by Gasteiger charge is -2.32. The minimum absolute atomic E-state index is 0.113. The number of likely N-dealkylation sites (N-methyl/N-ethyl adjacent to an activating group) is 1. The first-order valence-electron chi connectivity index (χ1n) is 12.0. The van der Waals surface area contributed by atoms with Gasteiger partial charge in [0.1, 0.15) is 23.3 Å². The largest absolute Gasteiger partial charge is 0.497 e. The van der Waals surface area contributed by atoms with E-state index in [1.807, 2.05) is 51.1 Å². The van der Waals surface area contributed by atoms with E-state index in [-0.39, 0.29) is 29.9 Å². The van der Waals surface area contributed by atoms with Crippen molar-refractivity contribution in [3.8, 4) is 17.2 Å². The number of hydrogen-bond donors (Lipinski definition) is 1. The number of carbonyl (C=O) groups excluding carboxylic acids is 2. The Labute approximate surface area is 208 Å². The molecule has 3 atom stereocenters. The molecule has 0 aliphatic carbocycles. The molecule has 1 N–H and O–H groups in total. The fourth-order valence-electron chi connectivity index (χ4n) is 4.40. The van der Waals surface area contributed by atoms with Gasteiger partial charge in [-0.1, -0.05) is 38.1 Å². The molecule has 0 unspecified atom stereocenters. The van der Waals surface area contributed by atoms with E-state index in [1.165, 1.54) is 4.90 Å². The highest BCUT2D eigenvalue weighted by molar-refractivity contribution is 5.99. The summed E-state index contributed by atoms with van der Waals surface area (Å²) in [5.74, 6) is 1.22. The van der Waals surface area contributed by atoms with Crippen LogP contribution in [0.25, 0.3) is 0 Å². The molecule has 0 saturated heterocycles. The molecule has 2 aromatic rings. The maximum Gasteiger partial charge on any atom is 0.258 e. The highest BCUT2D eigenvalue weighted by Crippen LogP contribution is 2.32. The first-order valence-corrected chi connectivity index (χ1v) is 12.0. The number of nitrogens with zero attached hydrogens (tertiary/aromatic N) is 1. The van der Waals surface area contributed by atoms with E-state index >= 15 is 0 Å². The zero-order valence-electron chi connectivity index (χ0n) is 21.4. The average molecular weight is 481 g/mol. The summed E-state index contributed by atoms with van der Waals surface area (Å²) in [6.45, 7) is 5.85. The van der Waals surface area contributed by atoms with Crippen LogP contribution in [0.4, 0.5) is 0 Å². The molecule has 7 nitrogen and oxygen atoms in total. The minimum Gasteiger partial charge on any atom is -0.497 e. The van der Waals surface area contributed by atoms with Crippen molar-refractivity contribution in [3.05, 3.63) is 65.7 Å². The summed E-state index contributed by atoms with van der Waals surface area (Å²) in [6, 6.07) is 11.7. The number of ether oxygens (including phenoxy) is 3. The number of amides is 2. The number of methoxy groups -OCH3 is 2. The molecule has 2 aromatic carbocycles. The van der Waals surface area contributed by atoms with Crippen molar-refractivity contribution in [3.63, 3.8) is 0 Å². The van der Waals surface area contributed by atoms with Crippen LogP contribution in [0.5, 0.6) is 17.2 Å². The average Bonchev–Trinajstić information content (AvgIpc) is 2.84. The molecule has 0 radical (unpaired) electrons. The predicted octanol–water partition coefficient (Wildman–Crippen LogP) is 4.78. The van der Waals surface area contributed by atoms with Crippen LogP contribution in [0.15, 0.2) is 54.6 Å². The van der Waals surface area contributed by atoms with Gasteiger partial charge in [0, 0.05) is 25.1 Å². The second-order valence-electron chi connectivity index (χ2n) is 9.14. The monoisotopic (exact) mass is 480 g/mol. The highest BCUT2D eigenvalue weighted by Gasteiger charge is 2.33. The summed E-state index contributed by atoms with van der Waals surface area (Å²) in [7, 11) is 4.86. The van der Waals surface area contributed by atoms with Crippen LogP contribution >= 0.6 is 0 Å². The lowest BCUT2D eigenvalue weighted by Crippen LogP contribution is -2.51. The summed E-state index contributed by atoms with van der Waals surface area (Å²) >= 11 is 0. The predicted molar refractivity (Wildman–Crippen MR) is 136 cm³/mol. The first-order chi connectivity index (χ1) is 16.8. The zero-order chi connectivity index (χ0) is 25.5. The summed E-state index contributed by atoms with van der Waals surface area (Å²) in [6.07, 6.45) is 5.18. The molecule has 1 aliphatic heterocycles. The third-order valence-electron chi connectivity index (χ3n) is 6.22. The topological polar surface area (TPSA) is 77.1 Å². The number of rotatable bonds is 4. The highest BCUT2D eigenvalue weighted by atomic mass is 16.5. The van der Waals surface area contributed by atoms with Crippen LogP contribution in [0.1, 0.15) is 55.6 Å². The third-order valence-corrected chi connectivity index (χ3v) is 6.22. The quantitative estimate of drug-likeness (QED) is 0.638. The molecule has 188 valence electrons. The Kier molecular flexibility index (Phi) is 8.79. The minimum atomic E-state index is -0.674. The van der Waals surface area contributed by atoms with Gasteiger partial charge in [-0.25, -0.2) is 0 Å². The van der Waals surface area contributed by atoms with E-state index in [0.717, 1.165) is 5.56 Å². The van der Waals surface area contributed by atoms with E-state index in [0.29, 0.717) is 35.7 Å². The zero-order valence-corrected chi connectivity index (χ0v) is 21.4. The summed E-state index contributed by atoms with van der Waals surface area (Å²) < 4.78 is 17.1. The molecule has 1 aliphatic rings. The number of nitrogens with one attached hydrogen (secondary N) is 1. The van der Waals surface area contributed by atoms with Crippen molar-refractivity contribution in [1.82, 2.24) is 10.2 Å². The maximum atomic E-state index is 13.6. The van der Waals surface area contributed by atoms with Gasteiger partial charge < -0.3 is 24.4 Å². The lowest BCUT2D eigenvalue weighted by molar-refractivity contribution is -0.127. The van der Waals surface area contributed by atoms with Crippen molar-refractivity contribution >= 4 is 11.8 Å². The Bertz CT molecular complexity index is 1070. The third kappa shape index (κ3) is 6.15. The number of para-hydroxylation sites is 1. The molecule has 7 heteroatoms. The molecule has 0 bridgehead atoms. The summed E-state index contributed by atoms with van der Waals surface area (Å²) in [5.41, 5.74) is 1.28. The van der Waals surface area contributed by atoms with Crippen LogP contribution in [-0.2, 0) is 4.79 Å². The van der Waals surface area contributed by atoms with Gasteiger partial charge in [0.05, 0.1) is 31.9 Å². The first kappa shape index (κ1) is 26.1. The van der Waals surface area contributed by atoms with Gasteiger partial charge in [-0.05, 0) is 43.5 Å². The van der Waals surface area contributed by atoms with E-state index < -0.39 is 6.04 Å². The Morgan fingerprint density at radius 3 is 2.43 bits per heavy atom. The van der Waals surface area contributed by atoms with Gasteiger partial charge in [-0.15, -0.1) is 0 Å². The fourth-order valence-corrected chi connectivity index (χ4v) is 4.40. The van der Waals surface area contributed by atoms with Crippen molar-refractivity contribution < 1.29 is 23.8 Å². The molecule has 2 amide bonds. The van der Waals surface area contributed by atoms with Crippen molar-refractivity contribution in [2.75, 3.05) is 21.3 Å². The van der Waals surface area contributed by atoms with E-state index in [9.17, 15) is 9.59 Å². The van der Waals surface area contributed by atoms with Crippen LogP contribution < -0.4 is 19.5 Å². The van der Waals surface area contributed by atoms with Crippen molar-refractivity contribution in [1.29, 1.82) is 0 Å². The van der Waals surface area contributed by atoms with Gasteiger partial charge in [0.15, 0.2) is 0 Å². The van der Waals surface area contributed by atoms with Crippen molar-refractivity contribution in [2.24, 2.45) is 5.92 Å². The Morgan fingerprint density at radius 1 is 1.03 bits per heavy atom. The molecule has 0 saturated carbocycles. The Morgan fingerprint density at radius 2 is 1.74 bits per heavy atom. The normalized spacial score (nSPS) is 22.5. The van der Waals surface area contributed by atoms with Gasteiger partial charge in [-0.2, -0.15) is 0 Å². The Hall–Kier alpha value is -3.48. The van der Waals surface area contributed by atoms with Gasteiger partial charge in [0.2, 0.25) is 5.91 Å². The summed E-state index contributed by atoms with van der Waals surface area (Å²) in [5, 5.41) is 3.18. The molecule has 3 rings (SSSR count). The molecular weight excluding hydrogens is 444 g/mol.